The summed E-state index contributed by atoms with van der Waals surface area (Å²) in [5.41, 5.74) is -0.129. The number of rotatable bonds is 5. The van der Waals surface area contributed by atoms with Crippen molar-refractivity contribution in [2.45, 2.75) is 20.3 Å². The van der Waals surface area contributed by atoms with E-state index in [-0.39, 0.29) is 12.0 Å². The molecule has 0 radical (unpaired) electrons. The van der Waals surface area contributed by atoms with Crippen LogP contribution >= 0.6 is 0 Å². The number of para-hydroxylation sites is 1. The fraction of sp³-hybridized carbons (Fsp3) is 0.500. The smallest absolute Gasteiger partial charge is 0.119 e. The molecule has 14 heavy (non-hydrogen) atoms. The van der Waals surface area contributed by atoms with E-state index in [1.54, 1.807) is 0 Å². The average Bonchev–Trinajstić information content (AvgIpc) is 2.27. The third-order valence-corrected chi connectivity index (χ3v) is 2.57. The van der Waals surface area contributed by atoms with Crippen molar-refractivity contribution in [2.75, 3.05) is 13.2 Å². The van der Waals surface area contributed by atoms with Crippen LogP contribution in [0.25, 0.3) is 0 Å². The Bertz CT molecular complexity index is 252. The molecule has 1 aromatic carbocycles. The van der Waals surface area contributed by atoms with Crippen molar-refractivity contribution in [3.63, 3.8) is 0 Å². The molecule has 0 spiro atoms. The molecule has 0 saturated heterocycles. The standard InChI is InChI=1S/C12H18O2/c1-3-12(2,9-13)10-14-11-7-5-4-6-8-11/h4-8,13H,3,9-10H2,1-2H3. The second-order valence-electron chi connectivity index (χ2n) is 3.92. The molecular weight excluding hydrogens is 176 g/mol. The van der Waals surface area contributed by atoms with Gasteiger partial charge in [0.25, 0.3) is 0 Å². The van der Waals surface area contributed by atoms with Gasteiger partial charge < -0.3 is 9.84 Å². The first-order valence-electron chi connectivity index (χ1n) is 4.99. The average molecular weight is 194 g/mol. The maximum Gasteiger partial charge on any atom is 0.119 e. The quantitative estimate of drug-likeness (QED) is 0.780. The molecule has 0 aromatic heterocycles. The summed E-state index contributed by atoms with van der Waals surface area (Å²) in [6.45, 7) is 4.81. The summed E-state index contributed by atoms with van der Waals surface area (Å²) < 4.78 is 5.59. The van der Waals surface area contributed by atoms with Gasteiger partial charge in [-0.25, -0.2) is 0 Å². The van der Waals surface area contributed by atoms with Gasteiger partial charge in [-0.2, -0.15) is 0 Å². The van der Waals surface area contributed by atoms with E-state index in [1.165, 1.54) is 0 Å². The Kier molecular flexibility index (Phi) is 3.96. The summed E-state index contributed by atoms with van der Waals surface area (Å²) >= 11 is 0. The van der Waals surface area contributed by atoms with E-state index in [0.29, 0.717) is 6.61 Å². The Labute approximate surface area is 85.5 Å². The van der Waals surface area contributed by atoms with Crippen LogP contribution in [0.15, 0.2) is 30.3 Å². The Morgan fingerprint density at radius 1 is 1.29 bits per heavy atom. The molecule has 1 rings (SSSR count). The van der Waals surface area contributed by atoms with E-state index in [0.717, 1.165) is 12.2 Å². The van der Waals surface area contributed by atoms with Crippen molar-refractivity contribution in [2.24, 2.45) is 5.41 Å². The van der Waals surface area contributed by atoms with Crippen LogP contribution in [0.4, 0.5) is 0 Å². The molecule has 0 heterocycles. The van der Waals surface area contributed by atoms with Gasteiger partial charge in [-0.1, -0.05) is 32.0 Å². The Morgan fingerprint density at radius 3 is 2.43 bits per heavy atom. The molecule has 1 unspecified atom stereocenters. The zero-order valence-electron chi connectivity index (χ0n) is 8.86. The topological polar surface area (TPSA) is 29.5 Å². The predicted octanol–water partition coefficient (Wildman–Crippen LogP) is 2.47. The van der Waals surface area contributed by atoms with Gasteiger partial charge in [0.05, 0.1) is 13.2 Å². The van der Waals surface area contributed by atoms with Crippen LogP contribution in [0.1, 0.15) is 20.3 Å². The molecular formula is C12H18O2. The van der Waals surface area contributed by atoms with Crippen LogP contribution < -0.4 is 4.74 Å². The zero-order chi connectivity index (χ0) is 10.4. The number of hydrogen-bond acceptors (Lipinski definition) is 2. The van der Waals surface area contributed by atoms with E-state index in [2.05, 4.69) is 6.92 Å². The molecule has 0 saturated carbocycles. The summed E-state index contributed by atoms with van der Waals surface area (Å²) in [5, 5.41) is 9.18. The molecule has 0 aliphatic heterocycles. The molecule has 0 aliphatic carbocycles. The SMILES string of the molecule is CCC(C)(CO)COc1ccccc1. The molecule has 1 atom stereocenters. The Balaban J connectivity index is 2.48. The maximum atomic E-state index is 9.18. The summed E-state index contributed by atoms with van der Waals surface area (Å²) in [5.74, 6) is 0.862. The fourth-order valence-electron chi connectivity index (χ4n) is 1.03. The monoisotopic (exact) mass is 194 g/mol. The largest absolute Gasteiger partial charge is 0.493 e. The van der Waals surface area contributed by atoms with Crippen LogP contribution in [0.2, 0.25) is 0 Å². The van der Waals surface area contributed by atoms with Crippen LogP contribution in [0.3, 0.4) is 0 Å². The van der Waals surface area contributed by atoms with Gasteiger partial charge in [-0.3, -0.25) is 0 Å². The van der Waals surface area contributed by atoms with Crippen molar-refractivity contribution >= 4 is 0 Å². The van der Waals surface area contributed by atoms with Crippen molar-refractivity contribution < 1.29 is 9.84 Å². The van der Waals surface area contributed by atoms with Crippen LogP contribution in [-0.4, -0.2) is 18.3 Å². The Hall–Kier alpha value is -1.02. The van der Waals surface area contributed by atoms with Gasteiger partial charge >= 0.3 is 0 Å². The Morgan fingerprint density at radius 2 is 1.93 bits per heavy atom. The van der Waals surface area contributed by atoms with Gasteiger partial charge in [0.15, 0.2) is 0 Å². The predicted molar refractivity (Wildman–Crippen MR) is 57.4 cm³/mol. The van der Waals surface area contributed by atoms with E-state index >= 15 is 0 Å². The van der Waals surface area contributed by atoms with E-state index in [9.17, 15) is 5.11 Å². The van der Waals surface area contributed by atoms with Gasteiger partial charge in [0.2, 0.25) is 0 Å². The number of aliphatic hydroxyl groups is 1. The van der Waals surface area contributed by atoms with Crippen LogP contribution in [-0.2, 0) is 0 Å². The second kappa shape index (κ2) is 5.01. The molecule has 0 amide bonds. The molecule has 1 N–H and O–H groups in total. The molecule has 0 aliphatic rings. The molecule has 0 fully saturated rings. The van der Waals surface area contributed by atoms with E-state index in [4.69, 9.17) is 4.74 Å². The minimum absolute atomic E-state index is 0.129. The minimum atomic E-state index is -0.129. The highest BCUT2D eigenvalue weighted by Crippen LogP contribution is 2.21. The highest BCUT2D eigenvalue weighted by Gasteiger charge is 2.21. The first kappa shape index (κ1) is 11.1. The first-order valence-corrected chi connectivity index (χ1v) is 4.99. The molecule has 78 valence electrons. The summed E-state index contributed by atoms with van der Waals surface area (Å²) in [6, 6.07) is 9.69. The molecule has 2 nitrogen and oxygen atoms in total. The van der Waals surface area contributed by atoms with E-state index in [1.807, 2.05) is 37.3 Å². The summed E-state index contributed by atoms with van der Waals surface area (Å²) in [7, 11) is 0. The molecule has 0 bridgehead atoms. The first-order chi connectivity index (χ1) is 6.70. The highest BCUT2D eigenvalue weighted by atomic mass is 16.5. The number of hydrogen-bond donors (Lipinski definition) is 1. The lowest BCUT2D eigenvalue weighted by Gasteiger charge is -2.25. The number of ether oxygens (including phenoxy) is 1. The lowest BCUT2D eigenvalue weighted by atomic mass is 9.90. The van der Waals surface area contributed by atoms with Crippen LogP contribution in [0.5, 0.6) is 5.75 Å². The van der Waals surface area contributed by atoms with Crippen molar-refractivity contribution in [3.8, 4) is 5.75 Å². The van der Waals surface area contributed by atoms with Crippen LogP contribution in [0, 0.1) is 5.41 Å². The highest BCUT2D eigenvalue weighted by molar-refractivity contribution is 5.20. The van der Waals surface area contributed by atoms with Gasteiger partial charge in [-0.05, 0) is 18.6 Å². The van der Waals surface area contributed by atoms with Gasteiger partial charge in [0, 0.05) is 5.41 Å². The summed E-state index contributed by atoms with van der Waals surface area (Å²) in [6.07, 6.45) is 0.913. The molecule has 1 aromatic rings. The number of aliphatic hydroxyl groups excluding tert-OH is 1. The van der Waals surface area contributed by atoms with Crippen molar-refractivity contribution in [1.82, 2.24) is 0 Å². The maximum absolute atomic E-state index is 9.18. The van der Waals surface area contributed by atoms with E-state index < -0.39 is 0 Å². The van der Waals surface area contributed by atoms with Crippen molar-refractivity contribution in [3.05, 3.63) is 30.3 Å². The third-order valence-electron chi connectivity index (χ3n) is 2.57. The lowest BCUT2D eigenvalue weighted by Crippen LogP contribution is -2.28. The third kappa shape index (κ3) is 3.04. The normalized spacial score (nSPS) is 14.8. The zero-order valence-corrected chi connectivity index (χ0v) is 8.86. The number of benzene rings is 1. The second-order valence-corrected chi connectivity index (χ2v) is 3.92. The lowest BCUT2D eigenvalue weighted by molar-refractivity contribution is 0.0784. The minimum Gasteiger partial charge on any atom is -0.493 e. The fourth-order valence-corrected chi connectivity index (χ4v) is 1.03. The van der Waals surface area contributed by atoms with Crippen molar-refractivity contribution in [1.29, 1.82) is 0 Å². The van der Waals surface area contributed by atoms with Gasteiger partial charge in [0.1, 0.15) is 5.75 Å². The molecule has 2 heteroatoms. The summed E-state index contributed by atoms with van der Waals surface area (Å²) in [4.78, 5) is 0. The van der Waals surface area contributed by atoms with Gasteiger partial charge in [-0.15, -0.1) is 0 Å².